The number of terminal acetylenes is 1. The van der Waals surface area contributed by atoms with Crippen molar-refractivity contribution in [2.24, 2.45) is 0 Å². The fourth-order valence-corrected chi connectivity index (χ4v) is 2.55. The van der Waals surface area contributed by atoms with E-state index in [1.807, 2.05) is 44.5 Å². The lowest BCUT2D eigenvalue weighted by atomic mass is 10.1. The number of allylic oxidation sites excluding steroid dienone is 3. The van der Waals surface area contributed by atoms with Crippen LogP contribution in [0.1, 0.15) is 17.5 Å². The lowest BCUT2D eigenvalue weighted by Crippen LogP contribution is -2.07. The smallest absolute Gasteiger partial charge is 0.162 e. The minimum Gasteiger partial charge on any atom is -0.508 e. The summed E-state index contributed by atoms with van der Waals surface area (Å²) >= 11 is 0. The molecule has 0 aliphatic carbocycles. The fourth-order valence-electron chi connectivity index (χ4n) is 2.55. The van der Waals surface area contributed by atoms with Crippen molar-refractivity contribution in [1.29, 1.82) is 0 Å². The normalized spacial score (nSPS) is 11.6. The van der Waals surface area contributed by atoms with Gasteiger partial charge >= 0.3 is 0 Å². The molecule has 0 saturated carbocycles. The molecule has 0 unspecified atom stereocenters. The second-order valence-corrected chi connectivity index (χ2v) is 6.49. The number of anilines is 1. The van der Waals surface area contributed by atoms with E-state index in [9.17, 15) is 5.11 Å². The SMILES string of the molecule is C#CCOc1ccc(/C=C/C(O)=C/C/C=C/c2ccc(N(C)C)cc2)cc1OC. The summed E-state index contributed by atoms with van der Waals surface area (Å²) in [6.45, 7) is 0.183. The minimum absolute atomic E-state index is 0.183. The number of rotatable bonds is 9. The molecule has 0 fully saturated rings. The van der Waals surface area contributed by atoms with Gasteiger partial charge in [-0.15, -0.1) is 6.42 Å². The zero-order chi connectivity index (χ0) is 21.1. The Morgan fingerprint density at radius 2 is 1.79 bits per heavy atom. The molecule has 0 amide bonds. The molecule has 1 N–H and O–H groups in total. The predicted molar refractivity (Wildman–Crippen MR) is 121 cm³/mol. The highest BCUT2D eigenvalue weighted by Gasteiger charge is 2.04. The Morgan fingerprint density at radius 3 is 2.45 bits per heavy atom. The van der Waals surface area contributed by atoms with Crippen molar-refractivity contribution in [3.63, 3.8) is 0 Å². The zero-order valence-electron chi connectivity index (χ0n) is 17.1. The number of hydrogen-bond donors (Lipinski definition) is 1. The van der Waals surface area contributed by atoms with E-state index >= 15 is 0 Å². The van der Waals surface area contributed by atoms with E-state index in [4.69, 9.17) is 15.9 Å². The van der Waals surface area contributed by atoms with E-state index in [1.54, 1.807) is 25.3 Å². The van der Waals surface area contributed by atoms with Gasteiger partial charge in [0.1, 0.15) is 12.4 Å². The van der Waals surface area contributed by atoms with Gasteiger partial charge in [0.2, 0.25) is 0 Å². The molecule has 150 valence electrons. The number of aliphatic hydroxyl groups excluding tert-OH is 1. The van der Waals surface area contributed by atoms with Crippen LogP contribution < -0.4 is 14.4 Å². The van der Waals surface area contributed by atoms with Crippen LogP contribution in [-0.2, 0) is 0 Å². The highest BCUT2D eigenvalue weighted by Crippen LogP contribution is 2.28. The van der Waals surface area contributed by atoms with E-state index in [0.29, 0.717) is 17.9 Å². The van der Waals surface area contributed by atoms with Crippen molar-refractivity contribution >= 4 is 17.8 Å². The molecule has 0 bridgehead atoms. The second kappa shape index (κ2) is 11.3. The van der Waals surface area contributed by atoms with Gasteiger partial charge in [-0.05, 0) is 54.0 Å². The van der Waals surface area contributed by atoms with Crippen LogP contribution in [0.3, 0.4) is 0 Å². The first-order valence-electron chi connectivity index (χ1n) is 9.29. The first kappa shape index (κ1) is 21.7. The van der Waals surface area contributed by atoms with Gasteiger partial charge in [-0.3, -0.25) is 0 Å². The fraction of sp³-hybridized carbons (Fsp3) is 0.200. The molecule has 4 nitrogen and oxygen atoms in total. The molecule has 0 saturated heterocycles. The monoisotopic (exact) mass is 389 g/mol. The summed E-state index contributed by atoms with van der Waals surface area (Å²) in [4.78, 5) is 2.06. The molecule has 2 aromatic rings. The van der Waals surface area contributed by atoms with Gasteiger partial charge in [0, 0.05) is 19.8 Å². The van der Waals surface area contributed by atoms with Crippen LogP contribution in [0.5, 0.6) is 11.5 Å². The summed E-state index contributed by atoms with van der Waals surface area (Å²) in [6.07, 6.45) is 15.1. The maximum absolute atomic E-state index is 10.1. The van der Waals surface area contributed by atoms with Crippen molar-refractivity contribution in [3.05, 3.63) is 77.6 Å². The summed E-state index contributed by atoms with van der Waals surface area (Å²) in [7, 11) is 5.61. The highest BCUT2D eigenvalue weighted by molar-refractivity contribution is 5.58. The quantitative estimate of drug-likeness (QED) is 0.357. The van der Waals surface area contributed by atoms with E-state index in [1.165, 1.54) is 0 Å². The maximum Gasteiger partial charge on any atom is 0.162 e. The lowest BCUT2D eigenvalue weighted by Gasteiger charge is -2.11. The number of benzene rings is 2. The number of aliphatic hydroxyl groups is 1. The third-order valence-corrected chi connectivity index (χ3v) is 4.13. The Balaban J connectivity index is 1.93. The largest absolute Gasteiger partial charge is 0.508 e. The van der Waals surface area contributed by atoms with Crippen molar-refractivity contribution in [1.82, 2.24) is 0 Å². The molecule has 0 heterocycles. The molecule has 0 aliphatic rings. The van der Waals surface area contributed by atoms with Gasteiger partial charge in [-0.1, -0.05) is 42.3 Å². The molecule has 0 radical (unpaired) electrons. The van der Waals surface area contributed by atoms with Crippen LogP contribution in [0.25, 0.3) is 12.2 Å². The molecule has 4 heteroatoms. The first-order chi connectivity index (χ1) is 14.0. The summed E-state index contributed by atoms with van der Waals surface area (Å²) in [5, 5.41) is 10.1. The van der Waals surface area contributed by atoms with Crippen molar-refractivity contribution in [2.75, 3.05) is 32.7 Å². The highest BCUT2D eigenvalue weighted by atomic mass is 16.5. The Labute approximate surface area is 173 Å². The summed E-state index contributed by atoms with van der Waals surface area (Å²) < 4.78 is 10.7. The van der Waals surface area contributed by atoms with Crippen molar-refractivity contribution in [3.8, 4) is 23.8 Å². The van der Waals surface area contributed by atoms with E-state index < -0.39 is 0 Å². The average molecular weight is 389 g/mol. The van der Waals surface area contributed by atoms with Crippen LogP contribution in [0.2, 0.25) is 0 Å². The molecule has 29 heavy (non-hydrogen) atoms. The Hall–Kier alpha value is -3.58. The number of ether oxygens (including phenoxy) is 2. The van der Waals surface area contributed by atoms with Crippen LogP contribution in [-0.4, -0.2) is 32.9 Å². The molecule has 2 rings (SSSR count). The molecule has 0 atom stereocenters. The molecule has 2 aromatic carbocycles. The standard InChI is InChI=1S/C25H27NO3/c1-5-18-29-24-17-13-21(19-25(24)28-4)12-16-23(27)9-7-6-8-20-10-14-22(15-11-20)26(2)3/h1,6,8-17,19,27H,7,18H2,2-4H3/b8-6+,16-12+,23-9-. The van der Waals surface area contributed by atoms with E-state index in [0.717, 1.165) is 16.8 Å². The topological polar surface area (TPSA) is 41.9 Å². The Kier molecular flexibility index (Phi) is 8.47. The van der Waals surface area contributed by atoms with Crippen LogP contribution in [0.4, 0.5) is 5.69 Å². The second-order valence-electron chi connectivity index (χ2n) is 6.49. The molecule has 0 aliphatic heterocycles. The zero-order valence-corrected chi connectivity index (χ0v) is 17.1. The van der Waals surface area contributed by atoms with Gasteiger partial charge in [0.25, 0.3) is 0 Å². The summed E-state index contributed by atoms with van der Waals surface area (Å²) in [5.74, 6) is 3.80. The van der Waals surface area contributed by atoms with Gasteiger partial charge in [-0.25, -0.2) is 0 Å². The van der Waals surface area contributed by atoms with Gasteiger partial charge in [0.05, 0.1) is 7.11 Å². The van der Waals surface area contributed by atoms with Crippen LogP contribution in [0, 0.1) is 12.3 Å². The molecule has 0 aromatic heterocycles. The Bertz CT molecular complexity index is 916. The van der Waals surface area contributed by atoms with Crippen LogP contribution in [0.15, 0.2) is 66.5 Å². The number of methoxy groups -OCH3 is 1. The van der Waals surface area contributed by atoms with Crippen molar-refractivity contribution < 1.29 is 14.6 Å². The summed E-state index contributed by atoms with van der Waals surface area (Å²) in [6, 6.07) is 13.8. The summed E-state index contributed by atoms with van der Waals surface area (Å²) in [5.41, 5.74) is 3.17. The van der Waals surface area contributed by atoms with E-state index in [-0.39, 0.29) is 12.4 Å². The minimum atomic E-state index is 0.183. The maximum atomic E-state index is 10.1. The van der Waals surface area contributed by atoms with Crippen LogP contribution >= 0.6 is 0 Å². The van der Waals surface area contributed by atoms with Gasteiger partial charge in [-0.2, -0.15) is 0 Å². The Morgan fingerprint density at radius 1 is 1.07 bits per heavy atom. The number of hydrogen-bond acceptors (Lipinski definition) is 4. The van der Waals surface area contributed by atoms with Gasteiger partial charge < -0.3 is 19.5 Å². The molecule has 0 spiro atoms. The number of nitrogens with zero attached hydrogens (tertiary/aromatic N) is 1. The molecular formula is C25H27NO3. The van der Waals surface area contributed by atoms with Gasteiger partial charge in [0.15, 0.2) is 11.5 Å². The first-order valence-corrected chi connectivity index (χ1v) is 9.29. The predicted octanol–water partition coefficient (Wildman–Crippen LogP) is 5.33. The molecular weight excluding hydrogens is 362 g/mol. The third kappa shape index (κ3) is 7.15. The van der Waals surface area contributed by atoms with E-state index in [2.05, 4.69) is 35.1 Å². The lowest BCUT2D eigenvalue weighted by molar-refractivity contribution is 0.331. The third-order valence-electron chi connectivity index (χ3n) is 4.13. The average Bonchev–Trinajstić information content (AvgIpc) is 2.74. The van der Waals surface area contributed by atoms with Crippen molar-refractivity contribution in [2.45, 2.75) is 6.42 Å².